The zero-order valence-corrected chi connectivity index (χ0v) is 9.18. The van der Waals surface area contributed by atoms with Crippen LogP contribution in [0.2, 0.25) is 0 Å². The number of likely N-dealkylation sites (tertiary alicyclic amines) is 1. The van der Waals surface area contributed by atoms with Gasteiger partial charge < -0.3 is 4.90 Å². The number of rotatable bonds is 2. The minimum absolute atomic E-state index is 0.806. The van der Waals surface area contributed by atoms with Crippen molar-refractivity contribution in [1.82, 2.24) is 4.90 Å². The van der Waals surface area contributed by atoms with Crippen molar-refractivity contribution in [3.8, 4) is 0 Å². The van der Waals surface area contributed by atoms with Crippen molar-refractivity contribution in [2.45, 2.75) is 46.0 Å². The molecule has 1 aliphatic heterocycles. The first kappa shape index (κ1) is 9.51. The van der Waals surface area contributed by atoms with Crippen molar-refractivity contribution in [1.29, 1.82) is 0 Å². The molecular weight excluding hydrogens is 158 g/mol. The number of nitrogens with zero attached hydrogens (tertiary/aromatic N) is 1. The summed E-state index contributed by atoms with van der Waals surface area (Å²) in [7, 11) is 0. The van der Waals surface area contributed by atoms with Crippen molar-refractivity contribution in [2.75, 3.05) is 19.6 Å². The molecule has 1 spiro atoms. The lowest BCUT2D eigenvalue weighted by Crippen LogP contribution is -2.48. The van der Waals surface area contributed by atoms with Gasteiger partial charge in [-0.25, -0.2) is 0 Å². The van der Waals surface area contributed by atoms with E-state index >= 15 is 0 Å². The van der Waals surface area contributed by atoms with Crippen LogP contribution in [0.5, 0.6) is 0 Å². The van der Waals surface area contributed by atoms with Crippen LogP contribution in [0.3, 0.4) is 0 Å². The molecule has 1 atom stereocenters. The van der Waals surface area contributed by atoms with Gasteiger partial charge in [-0.3, -0.25) is 0 Å². The molecule has 76 valence electrons. The molecule has 1 nitrogen and oxygen atoms in total. The summed E-state index contributed by atoms with van der Waals surface area (Å²) in [5.41, 5.74) is 0.806. The molecule has 1 saturated heterocycles. The Hall–Kier alpha value is -0.0400. The number of hydrogen-bond acceptors (Lipinski definition) is 1. The van der Waals surface area contributed by atoms with E-state index < -0.39 is 0 Å². The summed E-state index contributed by atoms with van der Waals surface area (Å²) < 4.78 is 0. The summed E-state index contributed by atoms with van der Waals surface area (Å²) in [6.07, 6.45) is 7.44. The van der Waals surface area contributed by atoms with E-state index in [-0.39, 0.29) is 0 Å². The molecule has 0 radical (unpaired) electrons. The lowest BCUT2D eigenvalue weighted by Gasteiger charge is -2.54. The number of piperidine rings is 1. The predicted molar refractivity (Wildman–Crippen MR) is 56.8 cm³/mol. The lowest BCUT2D eigenvalue weighted by molar-refractivity contribution is -0.0344. The van der Waals surface area contributed by atoms with Gasteiger partial charge in [0.25, 0.3) is 0 Å². The smallest absolute Gasteiger partial charge is 0.00134 e. The van der Waals surface area contributed by atoms with Gasteiger partial charge in [-0.05, 0) is 56.7 Å². The number of hydrogen-bond donors (Lipinski definition) is 0. The molecule has 0 aromatic rings. The molecule has 0 bridgehead atoms. The van der Waals surface area contributed by atoms with E-state index in [0.29, 0.717) is 0 Å². The summed E-state index contributed by atoms with van der Waals surface area (Å²) in [5.74, 6) is 1.08. The Morgan fingerprint density at radius 2 is 1.85 bits per heavy atom. The zero-order chi connectivity index (χ0) is 9.31. The van der Waals surface area contributed by atoms with Gasteiger partial charge in [0.2, 0.25) is 0 Å². The molecule has 0 aromatic carbocycles. The van der Waals surface area contributed by atoms with Gasteiger partial charge in [0, 0.05) is 0 Å². The van der Waals surface area contributed by atoms with Crippen LogP contribution in [-0.4, -0.2) is 24.5 Å². The minimum atomic E-state index is 0.806. The van der Waals surface area contributed by atoms with Crippen LogP contribution in [0, 0.1) is 11.3 Å². The topological polar surface area (TPSA) is 3.24 Å². The first-order valence-corrected chi connectivity index (χ1v) is 6.03. The molecule has 0 N–H and O–H groups in total. The largest absolute Gasteiger partial charge is 0.304 e. The van der Waals surface area contributed by atoms with E-state index in [0.717, 1.165) is 11.3 Å². The Labute approximate surface area is 82.5 Å². The van der Waals surface area contributed by atoms with Gasteiger partial charge in [-0.2, -0.15) is 0 Å². The highest BCUT2D eigenvalue weighted by atomic mass is 15.1. The van der Waals surface area contributed by atoms with Crippen molar-refractivity contribution in [2.24, 2.45) is 11.3 Å². The summed E-state index contributed by atoms with van der Waals surface area (Å²) >= 11 is 0. The van der Waals surface area contributed by atoms with Crippen molar-refractivity contribution in [3.63, 3.8) is 0 Å². The third kappa shape index (κ3) is 1.52. The summed E-state index contributed by atoms with van der Waals surface area (Å²) in [5, 5.41) is 0. The molecule has 1 aliphatic carbocycles. The SMILES string of the molecule is CCC1CCC12CCN(CC)CC2. The fraction of sp³-hybridized carbons (Fsp3) is 1.00. The van der Waals surface area contributed by atoms with Crippen LogP contribution in [0.4, 0.5) is 0 Å². The average Bonchev–Trinajstić information content (AvgIpc) is 2.17. The molecule has 13 heavy (non-hydrogen) atoms. The van der Waals surface area contributed by atoms with Crippen LogP contribution in [0.25, 0.3) is 0 Å². The van der Waals surface area contributed by atoms with Crippen LogP contribution in [0.15, 0.2) is 0 Å². The van der Waals surface area contributed by atoms with Crippen molar-refractivity contribution in [3.05, 3.63) is 0 Å². The van der Waals surface area contributed by atoms with E-state index in [1.807, 2.05) is 0 Å². The highest BCUT2D eigenvalue weighted by Crippen LogP contribution is 2.54. The second-order valence-electron chi connectivity index (χ2n) is 4.94. The minimum Gasteiger partial charge on any atom is -0.304 e. The molecule has 1 heterocycles. The maximum absolute atomic E-state index is 2.61. The molecule has 1 heteroatoms. The molecule has 2 rings (SSSR count). The summed E-state index contributed by atoms with van der Waals surface area (Å²) in [4.78, 5) is 2.61. The van der Waals surface area contributed by atoms with Crippen LogP contribution in [0.1, 0.15) is 46.0 Å². The monoisotopic (exact) mass is 181 g/mol. The first-order valence-electron chi connectivity index (χ1n) is 6.03. The van der Waals surface area contributed by atoms with Crippen molar-refractivity contribution >= 4 is 0 Å². The Balaban J connectivity index is 1.89. The Morgan fingerprint density at radius 3 is 2.23 bits per heavy atom. The molecule has 1 saturated carbocycles. The molecular formula is C12H23N. The second kappa shape index (κ2) is 3.61. The van der Waals surface area contributed by atoms with E-state index in [4.69, 9.17) is 0 Å². The Bertz CT molecular complexity index is 166. The fourth-order valence-electron chi connectivity index (χ4n) is 3.37. The highest BCUT2D eigenvalue weighted by molar-refractivity contribution is 4.97. The highest BCUT2D eigenvalue weighted by Gasteiger charge is 2.46. The molecule has 2 fully saturated rings. The van der Waals surface area contributed by atoms with Gasteiger partial charge in [-0.1, -0.05) is 20.3 Å². The molecule has 1 unspecified atom stereocenters. The van der Waals surface area contributed by atoms with E-state index in [1.54, 1.807) is 0 Å². The van der Waals surface area contributed by atoms with E-state index in [9.17, 15) is 0 Å². The normalized spacial score (nSPS) is 33.2. The van der Waals surface area contributed by atoms with Gasteiger partial charge >= 0.3 is 0 Å². The Morgan fingerprint density at radius 1 is 1.15 bits per heavy atom. The maximum atomic E-state index is 2.61. The lowest BCUT2D eigenvalue weighted by atomic mass is 9.55. The van der Waals surface area contributed by atoms with Gasteiger partial charge in [0.05, 0.1) is 0 Å². The molecule has 0 aromatic heterocycles. The average molecular weight is 181 g/mol. The van der Waals surface area contributed by atoms with Crippen LogP contribution in [-0.2, 0) is 0 Å². The first-order chi connectivity index (χ1) is 6.30. The second-order valence-corrected chi connectivity index (χ2v) is 4.94. The van der Waals surface area contributed by atoms with Gasteiger partial charge in [0.1, 0.15) is 0 Å². The van der Waals surface area contributed by atoms with Crippen molar-refractivity contribution < 1.29 is 0 Å². The molecule has 2 aliphatic rings. The third-order valence-electron chi connectivity index (χ3n) is 4.65. The Kier molecular flexibility index (Phi) is 2.64. The predicted octanol–water partition coefficient (Wildman–Crippen LogP) is 2.91. The quantitative estimate of drug-likeness (QED) is 0.633. The van der Waals surface area contributed by atoms with Gasteiger partial charge in [-0.15, -0.1) is 0 Å². The third-order valence-corrected chi connectivity index (χ3v) is 4.65. The maximum Gasteiger partial charge on any atom is -0.00134 e. The zero-order valence-electron chi connectivity index (χ0n) is 9.18. The van der Waals surface area contributed by atoms with E-state index in [2.05, 4.69) is 18.7 Å². The summed E-state index contributed by atoms with van der Waals surface area (Å²) in [6, 6.07) is 0. The van der Waals surface area contributed by atoms with E-state index in [1.165, 1.54) is 51.7 Å². The standard InChI is InChI=1S/C12H23N/c1-3-11-5-6-12(11)7-9-13(4-2)10-8-12/h11H,3-10H2,1-2H3. The van der Waals surface area contributed by atoms with Crippen LogP contribution >= 0.6 is 0 Å². The summed E-state index contributed by atoms with van der Waals surface area (Å²) in [6.45, 7) is 8.65. The fourth-order valence-corrected chi connectivity index (χ4v) is 3.37. The molecule has 0 amide bonds. The van der Waals surface area contributed by atoms with Gasteiger partial charge in [0.15, 0.2) is 0 Å². The van der Waals surface area contributed by atoms with Crippen LogP contribution < -0.4 is 0 Å².